The molecule has 0 atom stereocenters. The largest absolute Gasteiger partial charge is 0.392 e. The molecule has 0 fully saturated rings. The maximum Gasteiger partial charge on any atom is 0.274 e. The van der Waals surface area contributed by atoms with Gasteiger partial charge in [0.15, 0.2) is 0 Å². The van der Waals surface area contributed by atoms with E-state index in [2.05, 4.69) is 48.4 Å². The van der Waals surface area contributed by atoms with Gasteiger partial charge in [-0.15, -0.1) is 0 Å². The van der Waals surface area contributed by atoms with E-state index in [4.69, 9.17) is 5.11 Å². The van der Waals surface area contributed by atoms with Gasteiger partial charge in [-0.3, -0.25) is 9.78 Å². The number of aliphatic hydroxyl groups excluding tert-OH is 1. The van der Waals surface area contributed by atoms with Crippen LogP contribution in [0.5, 0.6) is 0 Å². The van der Waals surface area contributed by atoms with E-state index in [-0.39, 0.29) is 12.5 Å². The summed E-state index contributed by atoms with van der Waals surface area (Å²) in [5.41, 5.74) is 7.53. The number of rotatable bonds is 4. The molecule has 0 aliphatic carbocycles. The molecular formula is C22H22N2O2. The van der Waals surface area contributed by atoms with E-state index in [0.717, 1.165) is 16.8 Å². The second-order valence-corrected chi connectivity index (χ2v) is 6.39. The summed E-state index contributed by atoms with van der Waals surface area (Å²) in [6.07, 6.45) is 1.51. The smallest absolute Gasteiger partial charge is 0.274 e. The summed E-state index contributed by atoms with van der Waals surface area (Å²) in [5, 5.41) is 12.0. The molecule has 3 rings (SSSR count). The van der Waals surface area contributed by atoms with Crippen molar-refractivity contribution in [1.82, 2.24) is 4.98 Å². The third-order valence-corrected chi connectivity index (χ3v) is 4.72. The summed E-state index contributed by atoms with van der Waals surface area (Å²) in [6, 6.07) is 15.5. The molecule has 0 saturated carbocycles. The first kappa shape index (κ1) is 17.8. The number of pyridine rings is 1. The molecule has 0 saturated heterocycles. The number of carbonyl (C=O) groups excluding carboxylic acids is 1. The minimum Gasteiger partial charge on any atom is -0.392 e. The van der Waals surface area contributed by atoms with Crippen LogP contribution in [0.4, 0.5) is 5.69 Å². The van der Waals surface area contributed by atoms with Gasteiger partial charge < -0.3 is 10.4 Å². The number of nitrogens with one attached hydrogen (secondary N) is 1. The Bertz CT molecular complexity index is 947. The molecule has 0 aliphatic heterocycles. The molecule has 132 valence electrons. The molecule has 0 spiro atoms. The van der Waals surface area contributed by atoms with Gasteiger partial charge in [0.25, 0.3) is 5.91 Å². The van der Waals surface area contributed by atoms with Crippen molar-refractivity contribution in [3.8, 4) is 11.1 Å². The number of aromatic nitrogens is 1. The first-order valence-corrected chi connectivity index (χ1v) is 8.54. The van der Waals surface area contributed by atoms with E-state index in [9.17, 15) is 4.79 Å². The Hall–Kier alpha value is -2.98. The number of amides is 1. The number of aliphatic hydroxyl groups is 1. The topological polar surface area (TPSA) is 62.2 Å². The van der Waals surface area contributed by atoms with Crippen LogP contribution >= 0.6 is 0 Å². The number of carbonyl (C=O) groups is 1. The first-order chi connectivity index (χ1) is 12.5. The molecule has 2 aromatic carbocycles. The molecular weight excluding hydrogens is 324 g/mol. The van der Waals surface area contributed by atoms with Crippen LogP contribution in [-0.2, 0) is 6.61 Å². The van der Waals surface area contributed by atoms with E-state index in [1.807, 2.05) is 19.1 Å². The number of hydrogen-bond donors (Lipinski definition) is 2. The van der Waals surface area contributed by atoms with Crippen LogP contribution in [-0.4, -0.2) is 16.0 Å². The van der Waals surface area contributed by atoms with Crippen molar-refractivity contribution in [1.29, 1.82) is 0 Å². The number of nitrogens with zero attached hydrogens (tertiary/aromatic N) is 1. The Balaban J connectivity index is 1.92. The van der Waals surface area contributed by atoms with Crippen molar-refractivity contribution >= 4 is 11.6 Å². The van der Waals surface area contributed by atoms with Crippen LogP contribution in [0, 0.1) is 20.8 Å². The van der Waals surface area contributed by atoms with Crippen molar-refractivity contribution < 1.29 is 9.90 Å². The average molecular weight is 346 g/mol. The fraction of sp³-hybridized carbons (Fsp3) is 0.182. The van der Waals surface area contributed by atoms with Gasteiger partial charge in [-0.25, -0.2) is 0 Å². The molecule has 4 heteroatoms. The summed E-state index contributed by atoms with van der Waals surface area (Å²) >= 11 is 0. The van der Waals surface area contributed by atoms with Crippen molar-refractivity contribution in [3.05, 3.63) is 82.7 Å². The Labute approximate surface area is 153 Å². The molecule has 3 aromatic rings. The molecule has 0 bridgehead atoms. The van der Waals surface area contributed by atoms with Crippen LogP contribution in [0.15, 0.2) is 54.7 Å². The van der Waals surface area contributed by atoms with Crippen molar-refractivity contribution in [2.45, 2.75) is 27.4 Å². The van der Waals surface area contributed by atoms with Gasteiger partial charge in [0.2, 0.25) is 0 Å². The van der Waals surface area contributed by atoms with Gasteiger partial charge in [-0.1, -0.05) is 36.4 Å². The number of hydrogen-bond acceptors (Lipinski definition) is 3. The summed E-state index contributed by atoms with van der Waals surface area (Å²) in [5.74, 6) is -0.268. The van der Waals surface area contributed by atoms with Crippen molar-refractivity contribution in [2.75, 3.05) is 5.32 Å². The van der Waals surface area contributed by atoms with E-state index < -0.39 is 0 Å². The maximum atomic E-state index is 12.5. The average Bonchev–Trinajstić information content (AvgIpc) is 2.66. The van der Waals surface area contributed by atoms with Crippen LogP contribution in [0.3, 0.4) is 0 Å². The van der Waals surface area contributed by atoms with Gasteiger partial charge >= 0.3 is 0 Å². The van der Waals surface area contributed by atoms with Gasteiger partial charge in [0.05, 0.1) is 6.61 Å². The fourth-order valence-electron chi connectivity index (χ4n) is 2.94. The SMILES string of the molecule is Cc1cccc(-c2cccc(NC(=O)c3ccc(CO)cn3)c2C)c1C. The Morgan fingerprint density at radius 2 is 1.65 bits per heavy atom. The third kappa shape index (κ3) is 3.51. The summed E-state index contributed by atoms with van der Waals surface area (Å²) in [6.45, 7) is 6.13. The Morgan fingerprint density at radius 3 is 2.31 bits per heavy atom. The second kappa shape index (κ2) is 7.50. The van der Waals surface area contributed by atoms with Gasteiger partial charge in [0.1, 0.15) is 5.69 Å². The molecule has 2 N–H and O–H groups in total. The van der Waals surface area contributed by atoms with E-state index >= 15 is 0 Å². The molecule has 0 radical (unpaired) electrons. The number of anilines is 1. The van der Waals surface area contributed by atoms with Gasteiger partial charge in [-0.05, 0) is 66.3 Å². The normalized spacial score (nSPS) is 10.6. The van der Waals surface area contributed by atoms with Gasteiger partial charge in [-0.2, -0.15) is 0 Å². The lowest BCUT2D eigenvalue weighted by molar-refractivity contribution is 0.102. The summed E-state index contributed by atoms with van der Waals surface area (Å²) in [7, 11) is 0. The molecule has 1 heterocycles. The summed E-state index contributed by atoms with van der Waals surface area (Å²) in [4.78, 5) is 16.6. The standard InChI is InChI=1S/C22H22N2O2/c1-14-6-4-7-18(15(14)2)19-8-5-9-20(16(19)3)24-22(26)21-11-10-17(13-25)12-23-21/h4-12,25H,13H2,1-3H3,(H,24,26). The predicted octanol–water partition coefficient (Wildman–Crippen LogP) is 4.42. The fourth-order valence-corrected chi connectivity index (χ4v) is 2.94. The summed E-state index contributed by atoms with van der Waals surface area (Å²) < 4.78 is 0. The zero-order chi connectivity index (χ0) is 18.7. The van der Waals surface area contributed by atoms with Crippen molar-refractivity contribution in [3.63, 3.8) is 0 Å². The quantitative estimate of drug-likeness (QED) is 0.735. The molecule has 1 aromatic heterocycles. The maximum absolute atomic E-state index is 12.5. The first-order valence-electron chi connectivity index (χ1n) is 8.54. The minimum absolute atomic E-state index is 0.0914. The van der Waals surface area contributed by atoms with Crippen LogP contribution in [0.25, 0.3) is 11.1 Å². The minimum atomic E-state index is -0.268. The van der Waals surface area contributed by atoms with E-state index in [1.165, 1.54) is 22.9 Å². The lowest BCUT2D eigenvalue weighted by Crippen LogP contribution is -2.14. The lowest BCUT2D eigenvalue weighted by Gasteiger charge is -2.15. The zero-order valence-corrected chi connectivity index (χ0v) is 15.2. The molecule has 4 nitrogen and oxygen atoms in total. The van der Waals surface area contributed by atoms with E-state index in [0.29, 0.717) is 11.3 Å². The van der Waals surface area contributed by atoms with Crippen LogP contribution < -0.4 is 5.32 Å². The number of aryl methyl sites for hydroxylation is 1. The molecule has 0 unspecified atom stereocenters. The van der Waals surface area contributed by atoms with E-state index in [1.54, 1.807) is 12.1 Å². The molecule has 0 aliphatic rings. The highest BCUT2D eigenvalue weighted by molar-refractivity contribution is 6.03. The number of benzene rings is 2. The molecule has 26 heavy (non-hydrogen) atoms. The monoisotopic (exact) mass is 346 g/mol. The Morgan fingerprint density at radius 1 is 0.962 bits per heavy atom. The zero-order valence-electron chi connectivity index (χ0n) is 15.2. The third-order valence-electron chi connectivity index (χ3n) is 4.72. The predicted molar refractivity (Wildman–Crippen MR) is 104 cm³/mol. The van der Waals surface area contributed by atoms with Crippen LogP contribution in [0.2, 0.25) is 0 Å². The Kier molecular flexibility index (Phi) is 5.14. The molecule has 1 amide bonds. The van der Waals surface area contributed by atoms with Crippen LogP contribution in [0.1, 0.15) is 32.7 Å². The highest BCUT2D eigenvalue weighted by Gasteiger charge is 2.13. The lowest BCUT2D eigenvalue weighted by atomic mass is 9.93. The highest BCUT2D eigenvalue weighted by Crippen LogP contribution is 2.32. The highest BCUT2D eigenvalue weighted by atomic mass is 16.3. The van der Waals surface area contributed by atoms with Crippen molar-refractivity contribution in [2.24, 2.45) is 0 Å². The second-order valence-electron chi connectivity index (χ2n) is 6.39. The van der Waals surface area contributed by atoms with Gasteiger partial charge in [0, 0.05) is 11.9 Å².